The van der Waals surface area contributed by atoms with Crippen molar-refractivity contribution in [1.29, 1.82) is 0 Å². The fourth-order valence-corrected chi connectivity index (χ4v) is 2.22. The second kappa shape index (κ2) is 7.13. The Balaban J connectivity index is 2.10. The monoisotopic (exact) mass is 285 g/mol. The summed E-state index contributed by atoms with van der Waals surface area (Å²) in [7, 11) is 1.87. The number of hydrogen-bond acceptors (Lipinski definition) is 5. The van der Waals surface area contributed by atoms with E-state index in [1.54, 1.807) is 0 Å². The Morgan fingerprint density at radius 2 is 1.86 bits per heavy atom. The van der Waals surface area contributed by atoms with Gasteiger partial charge in [-0.15, -0.1) is 0 Å². The molecule has 2 aromatic heterocycles. The quantitative estimate of drug-likeness (QED) is 0.884. The van der Waals surface area contributed by atoms with E-state index in [1.165, 1.54) is 0 Å². The fourth-order valence-electron chi connectivity index (χ4n) is 2.22. The predicted molar refractivity (Wildman–Crippen MR) is 85.1 cm³/mol. The minimum atomic E-state index is 0.725. The number of nitrogens with zero attached hydrogens (tertiary/aromatic N) is 4. The molecule has 2 heterocycles. The molecule has 0 saturated heterocycles. The van der Waals surface area contributed by atoms with E-state index in [0.29, 0.717) is 0 Å². The Bertz CT molecular complexity index is 597. The third-order valence-electron chi connectivity index (χ3n) is 3.30. The molecule has 0 aliphatic heterocycles. The lowest BCUT2D eigenvalue weighted by Gasteiger charge is -2.19. The average Bonchev–Trinajstić information content (AvgIpc) is 2.46. The van der Waals surface area contributed by atoms with E-state index >= 15 is 0 Å². The highest BCUT2D eigenvalue weighted by Gasteiger charge is 2.09. The van der Waals surface area contributed by atoms with Gasteiger partial charge in [0.1, 0.15) is 11.6 Å². The lowest BCUT2D eigenvalue weighted by Crippen LogP contribution is -2.24. The molecule has 0 atom stereocenters. The van der Waals surface area contributed by atoms with Crippen molar-refractivity contribution in [1.82, 2.24) is 19.9 Å². The topological polar surface area (TPSA) is 53.9 Å². The molecule has 0 unspecified atom stereocenters. The Labute approximate surface area is 126 Å². The summed E-state index contributed by atoms with van der Waals surface area (Å²) in [5, 5.41) is 3.07. The second-order valence-electron chi connectivity index (χ2n) is 5.13. The maximum atomic E-state index is 4.56. The normalized spacial score (nSPS) is 10.9. The van der Waals surface area contributed by atoms with Crippen LogP contribution >= 0.6 is 0 Å². The van der Waals surface area contributed by atoms with Crippen LogP contribution in [0.25, 0.3) is 0 Å². The summed E-state index contributed by atoms with van der Waals surface area (Å²) in [5.41, 5.74) is 3.11. The van der Waals surface area contributed by atoms with Gasteiger partial charge in [-0.1, -0.05) is 13.0 Å². The standard InChI is InChI=1S/C16H23N5/c1-5-21(10-14-8-6-7-12(2)18-14)11-16-19-13(3)9-15(17-4)20-16/h6-9H,5,10-11H2,1-4H3,(H,17,19,20). The van der Waals surface area contributed by atoms with Gasteiger partial charge in [0.15, 0.2) is 0 Å². The van der Waals surface area contributed by atoms with Crippen molar-refractivity contribution >= 4 is 5.82 Å². The smallest absolute Gasteiger partial charge is 0.144 e. The zero-order chi connectivity index (χ0) is 15.2. The Hall–Kier alpha value is -2.01. The zero-order valence-corrected chi connectivity index (χ0v) is 13.2. The summed E-state index contributed by atoms with van der Waals surface area (Å²) >= 11 is 0. The largest absolute Gasteiger partial charge is 0.373 e. The highest BCUT2D eigenvalue weighted by molar-refractivity contribution is 5.34. The van der Waals surface area contributed by atoms with Crippen LogP contribution in [-0.2, 0) is 13.1 Å². The van der Waals surface area contributed by atoms with Gasteiger partial charge in [0.25, 0.3) is 0 Å². The van der Waals surface area contributed by atoms with E-state index in [1.807, 2.05) is 39.1 Å². The Kier molecular flexibility index (Phi) is 5.22. The van der Waals surface area contributed by atoms with Gasteiger partial charge in [-0.3, -0.25) is 9.88 Å². The number of anilines is 1. The summed E-state index contributed by atoms with van der Waals surface area (Å²) in [5.74, 6) is 1.70. The molecule has 21 heavy (non-hydrogen) atoms. The van der Waals surface area contributed by atoms with Gasteiger partial charge >= 0.3 is 0 Å². The highest BCUT2D eigenvalue weighted by Crippen LogP contribution is 2.10. The first kappa shape index (κ1) is 15.4. The van der Waals surface area contributed by atoms with E-state index in [-0.39, 0.29) is 0 Å². The third-order valence-corrected chi connectivity index (χ3v) is 3.30. The van der Waals surface area contributed by atoms with Crippen LogP contribution < -0.4 is 5.32 Å². The first-order valence-corrected chi connectivity index (χ1v) is 7.28. The van der Waals surface area contributed by atoms with E-state index in [2.05, 4.69) is 38.2 Å². The van der Waals surface area contributed by atoms with Crippen LogP contribution in [0.1, 0.15) is 29.8 Å². The van der Waals surface area contributed by atoms with Crippen molar-refractivity contribution in [2.45, 2.75) is 33.9 Å². The summed E-state index contributed by atoms with van der Waals surface area (Å²) in [6, 6.07) is 8.07. The van der Waals surface area contributed by atoms with Crippen LogP contribution in [0.15, 0.2) is 24.3 Å². The third kappa shape index (κ3) is 4.49. The maximum Gasteiger partial charge on any atom is 0.144 e. The van der Waals surface area contributed by atoms with Gasteiger partial charge in [0, 0.05) is 31.0 Å². The molecule has 0 aliphatic carbocycles. The zero-order valence-electron chi connectivity index (χ0n) is 13.2. The van der Waals surface area contributed by atoms with Crippen LogP contribution in [0.2, 0.25) is 0 Å². The molecule has 0 amide bonds. The number of aromatic nitrogens is 3. The summed E-state index contributed by atoms with van der Waals surface area (Å²) < 4.78 is 0. The van der Waals surface area contributed by atoms with Gasteiger partial charge in [0.05, 0.1) is 12.2 Å². The Morgan fingerprint density at radius 1 is 1.05 bits per heavy atom. The number of rotatable bonds is 6. The van der Waals surface area contributed by atoms with Crippen molar-refractivity contribution in [3.63, 3.8) is 0 Å². The molecule has 0 aliphatic rings. The molecule has 1 N–H and O–H groups in total. The van der Waals surface area contributed by atoms with Crippen LogP contribution in [0.5, 0.6) is 0 Å². The Morgan fingerprint density at radius 3 is 2.52 bits per heavy atom. The summed E-state index contributed by atoms with van der Waals surface area (Å²) in [6.45, 7) is 8.62. The summed E-state index contributed by atoms with van der Waals surface area (Å²) in [4.78, 5) is 15.9. The van der Waals surface area contributed by atoms with Gasteiger partial charge in [-0.2, -0.15) is 0 Å². The molecule has 0 spiro atoms. The lowest BCUT2D eigenvalue weighted by atomic mass is 10.3. The fraction of sp³-hybridized carbons (Fsp3) is 0.438. The molecule has 0 aromatic carbocycles. The average molecular weight is 285 g/mol. The SMILES string of the molecule is CCN(Cc1cccc(C)n1)Cc1nc(C)cc(NC)n1. The van der Waals surface area contributed by atoms with Crippen molar-refractivity contribution in [3.8, 4) is 0 Å². The van der Waals surface area contributed by atoms with Crippen molar-refractivity contribution in [2.75, 3.05) is 18.9 Å². The van der Waals surface area contributed by atoms with Gasteiger partial charge in [-0.05, 0) is 32.5 Å². The van der Waals surface area contributed by atoms with Crippen molar-refractivity contribution < 1.29 is 0 Å². The van der Waals surface area contributed by atoms with E-state index < -0.39 is 0 Å². The summed E-state index contributed by atoms with van der Waals surface area (Å²) in [6.07, 6.45) is 0. The van der Waals surface area contributed by atoms with E-state index in [4.69, 9.17) is 0 Å². The van der Waals surface area contributed by atoms with Crippen molar-refractivity contribution in [3.05, 3.63) is 47.2 Å². The van der Waals surface area contributed by atoms with E-state index in [9.17, 15) is 0 Å². The maximum absolute atomic E-state index is 4.56. The van der Waals surface area contributed by atoms with Crippen LogP contribution in [-0.4, -0.2) is 33.4 Å². The first-order chi connectivity index (χ1) is 10.1. The molecule has 0 fully saturated rings. The van der Waals surface area contributed by atoms with Gasteiger partial charge in [-0.25, -0.2) is 9.97 Å². The molecule has 5 heteroatoms. The van der Waals surface area contributed by atoms with Gasteiger partial charge in [0.2, 0.25) is 0 Å². The van der Waals surface area contributed by atoms with E-state index in [0.717, 1.165) is 48.4 Å². The molecule has 2 aromatic rings. The molecule has 5 nitrogen and oxygen atoms in total. The molecule has 2 rings (SSSR count). The van der Waals surface area contributed by atoms with Gasteiger partial charge < -0.3 is 5.32 Å². The molecule has 112 valence electrons. The van der Waals surface area contributed by atoms with Crippen molar-refractivity contribution in [2.24, 2.45) is 0 Å². The van der Waals surface area contributed by atoms with Crippen LogP contribution in [0, 0.1) is 13.8 Å². The number of hydrogen-bond donors (Lipinski definition) is 1. The van der Waals surface area contributed by atoms with Crippen LogP contribution in [0.3, 0.4) is 0 Å². The second-order valence-corrected chi connectivity index (χ2v) is 5.13. The minimum Gasteiger partial charge on any atom is -0.373 e. The van der Waals surface area contributed by atoms with Crippen LogP contribution in [0.4, 0.5) is 5.82 Å². The highest BCUT2D eigenvalue weighted by atomic mass is 15.2. The molecular weight excluding hydrogens is 262 g/mol. The number of pyridine rings is 1. The molecule has 0 radical (unpaired) electrons. The first-order valence-electron chi connectivity index (χ1n) is 7.28. The number of nitrogens with one attached hydrogen (secondary N) is 1. The minimum absolute atomic E-state index is 0.725. The molecule has 0 saturated carbocycles. The molecular formula is C16H23N5. The molecule has 0 bridgehead atoms. The predicted octanol–water partition coefficient (Wildman–Crippen LogP) is 2.55. The lowest BCUT2D eigenvalue weighted by molar-refractivity contribution is 0.261. The number of aryl methyl sites for hydroxylation is 2.